The molecule has 0 spiro atoms. The first kappa shape index (κ1) is 15.0. The Hall–Kier alpha value is -1.37. The van der Waals surface area contributed by atoms with Crippen LogP contribution in [0.15, 0.2) is 36.4 Å². The maximum Gasteiger partial charge on any atom is 0.212 e. The fourth-order valence-corrected chi connectivity index (χ4v) is 2.81. The van der Waals surface area contributed by atoms with E-state index < -0.39 is 0 Å². The second-order valence-corrected chi connectivity index (χ2v) is 6.95. The van der Waals surface area contributed by atoms with E-state index in [4.69, 9.17) is 0 Å². The molecular weight excluding hydrogens is 242 g/mol. The zero-order chi connectivity index (χ0) is 14.6. The van der Waals surface area contributed by atoms with Crippen LogP contribution in [0.1, 0.15) is 52.7 Å². The first-order valence-electron chi connectivity index (χ1n) is 7.92. The summed E-state index contributed by atoms with van der Waals surface area (Å²) in [5.74, 6) is 0. The third kappa shape index (κ3) is 3.82. The number of hydrogen-bond donors (Lipinski definition) is 0. The van der Waals surface area contributed by atoms with E-state index in [0.29, 0.717) is 5.41 Å². The molecule has 1 aromatic carbocycles. The van der Waals surface area contributed by atoms with Crippen LogP contribution in [-0.4, -0.2) is 0 Å². The van der Waals surface area contributed by atoms with E-state index in [-0.39, 0.29) is 0 Å². The van der Waals surface area contributed by atoms with Crippen LogP contribution in [0.25, 0.3) is 10.9 Å². The Labute approximate surface area is 123 Å². The molecule has 2 aromatic rings. The Morgan fingerprint density at radius 1 is 1.00 bits per heavy atom. The normalized spacial score (nSPS) is 12.0. The van der Waals surface area contributed by atoms with E-state index in [9.17, 15) is 0 Å². The summed E-state index contributed by atoms with van der Waals surface area (Å²) in [6.07, 6.45) is 4.92. The van der Waals surface area contributed by atoms with Crippen molar-refractivity contribution in [1.82, 2.24) is 0 Å². The van der Waals surface area contributed by atoms with Crippen molar-refractivity contribution in [1.29, 1.82) is 0 Å². The molecule has 0 aliphatic heterocycles. The summed E-state index contributed by atoms with van der Waals surface area (Å²) in [6.45, 7) is 10.4. The summed E-state index contributed by atoms with van der Waals surface area (Å²) in [7, 11) is 0. The van der Waals surface area contributed by atoms with Crippen molar-refractivity contribution in [2.75, 3.05) is 0 Å². The standard InChI is InChI=1S/C19H28N/c1-5-15-20-17(10-8-14-19(2,3)4)13-12-16-9-6-7-11-18(16)20/h6-7,9,11-13H,5,8,10,14-15H2,1-4H3/q+1. The molecule has 1 aromatic heterocycles. The van der Waals surface area contributed by atoms with Crippen LogP contribution < -0.4 is 4.57 Å². The predicted molar refractivity (Wildman–Crippen MR) is 86.8 cm³/mol. The van der Waals surface area contributed by atoms with Crippen molar-refractivity contribution in [2.45, 2.75) is 59.9 Å². The van der Waals surface area contributed by atoms with E-state index in [0.717, 1.165) is 6.54 Å². The number of aryl methyl sites for hydroxylation is 2. The fraction of sp³-hybridized carbons (Fsp3) is 0.526. The number of pyridine rings is 1. The van der Waals surface area contributed by atoms with Gasteiger partial charge in [0.15, 0.2) is 5.69 Å². The highest BCUT2D eigenvalue weighted by molar-refractivity contribution is 5.75. The summed E-state index contributed by atoms with van der Waals surface area (Å²) in [4.78, 5) is 0. The Bertz CT molecular complexity index is 563. The molecule has 0 saturated heterocycles. The van der Waals surface area contributed by atoms with Crippen LogP contribution in [0.3, 0.4) is 0 Å². The number of nitrogens with zero attached hydrogens (tertiary/aromatic N) is 1. The largest absolute Gasteiger partial charge is 0.212 e. The van der Waals surface area contributed by atoms with Gasteiger partial charge in [-0.1, -0.05) is 39.8 Å². The fourth-order valence-electron chi connectivity index (χ4n) is 2.81. The van der Waals surface area contributed by atoms with Gasteiger partial charge in [-0.25, -0.2) is 0 Å². The van der Waals surface area contributed by atoms with Crippen molar-refractivity contribution in [3.05, 3.63) is 42.1 Å². The Balaban J connectivity index is 2.25. The van der Waals surface area contributed by atoms with E-state index >= 15 is 0 Å². The maximum atomic E-state index is 2.51. The van der Waals surface area contributed by atoms with Crippen molar-refractivity contribution >= 4 is 10.9 Å². The van der Waals surface area contributed by atoms with Crippen LogP contribution in [0.5, 0.6) is 0 Å². The van der Waals surface area contributed by atoms with E-state index in [1.54, 1.807) is 0 Å². The molecule has 0 atom stereocenters. The summed E-state index contributed by atoms with van der Waals surface area (Å²) < 4.78 is 2.51. The third-order valence-corrected chi connectivity index (χ3v) is 3.84. The highest BCUT2D eigenvalue weighted by Gasteiger charge is 2.16. The molecule has 0 aliphatic rings. The van der Waals surface area contributed by atoms with Gasteiger partial charge in [-0.2, -0.15) is 4.57 Å². The van der Waals surface area contributed by atoms with Gasteiger partial charge in [-0.05, 0) is 30.4 Å². The number of aromatic nitrogens is 1. The lowest BCUT2D eigenvalue weighted by atomic mass is 9.89. The highest BCUT2D eigenvalue weighted by Crippen LogP contribution is 2.22. The van der Waals surface area contributed by atoms with Gasteiger partial charge in [-0.15, -0.1) is 0 Å². The quantitative estimate of drug-likeness (QED) is 0.680. The Morgan fingerprint density at radius 2 is 1.75 bits per heavy atom. The van der Waals surface area contributed by atoms with Gasteiger partial charge in [0, 0.05) is 30.4 Å². The van der Waals surface area contributed by atoms with E-state index in [2.05, 4.69) is 68.7 Å². The molecule has 0 fully saturated rings. The van der Waals surface area contributed by atoms with Crippen molar-refractivity contribution in [3.8, 4) is 0 Å². The molecule has 0 aliphatic carbocycles. The number of benzene rings is 1. The molecule has 0 amide bonds. The lowest BCUT2D eigenvalue weighted by Gasteiger charge is -2.17. The average Bonchev–Trinajstić information content (AvgIpc) is 2.40. The first-order chi connectivity index (χ1) is 9.51. The summed E-state index contributed by atoms with van der Waals surface area (Å²) >= 11 is 0. The number of para-hydroxylation sites is 1. The molecule has 0 saturated carbocycles. The average molecular weight is 270 g/mol. The zero-order valence-corrected chi connectivity index (χ0v) is 13.4. The van der Waals surface area contributed by atoms with Crippen LogP contribution in [0.2, 0.25) is 0 Å². The second-order valence-electron chi connectivity index (χ2n) is 6.95. The zero-order valence-electron chi connectivity index (χ0n) is 13.4. The monoisotopic (exact) mass is 270 g/mol. The Kier molecular flexibility index (Phi) is 4.80. The summed E-state index contributed by atoms with van der Waals surface area (Å²) in [5, 5.41) is 1.35. The van der Waals surface area contributed by atoms with E-state index in [1.807, 2.05) is 0 Å². The number of hydrogen-bond acceptors (Lipinski definition) is 0. The minimum atomic E-state index is 0.437. The van der Waals surface area contributed by atoms with Gasteiger partial charge in [0.1, 0.15) is 6.54 Å². The van der Waals surface area contributed by atoms with Gasteiger partial charge < -0.3 is 0 Å². The minimum absolute atomic E-state index is 0.437. The predicted octanol–water partition coefficient (Wildman–Crippen LogP) is 4.91. The van der Waals surface area contributed by atoms with Crippen molar-refractivity contribution in [2.24, 2.45) is 5.41 Å². The molecule has 108 valence electrons. The summed E-state index contributed by atoms with van der Waals surface area (Å²) in [6, 6.07) is 13.3. The van der Waals surface area contributed by atoms with Gasteiger partial charge in [0.25, 0.3) is 0 Å². The van der Waals surface area contributed by atoms with Crippen LogP contribution in [0, 0.1) is 5.41 Å². The molecule has 0 unspecified atom stereocenters. The smallest absolute Gasteiger partial charge is 0.196 e. The molecule has 1 heteroatoms. The Morgan fingerprint density at radius 3 is 2.45 bits per heavy atom. The molecule has 2 rings (SSSR count). The number of rotatable bonds is 5. The molecular formula is C19H28N+. The van der Waals surface area contributed by atoms with Crippen LogP contribution in [-0.2, 0) is 13.0 Å². The molecule has 1 nitrogen and oxygen atoms in total. The van der Waals surface area contributed by atoms with Crippen molar-refractivity contribution < 1.29 is 4.57 Å². The highest BCUT2D eigenvalue weighted by atomic mass is 15.0. The lowest BCUT2D eigenvalue weighted by Crippen LogP contribution is -2.39. The lowest BCUT2D eigenvalue weighted by molar-refractivity contribution is -0.678. The maximum absolute atomic E-state index is 2.51. The van der Waals surface area contributed by atoms with Gasteiger partial charge >= 0.3 is 0 Å². The molecule has 20 heavy (non-hydrogen) atoms. The summed E-state index contributed by atoms with van der Waals surface area (Å²) in [5.41, 5.74) is 3.30. The first-order valence-corrected chi connectivity index (χ1v) is 7.92. The van der Waals surface area contributed by atoms with Gasteiger partial charge in [-0.3, -0.25) is 0 Å². The van der Waals surface area contributed by atoms with Gasteiger partial charge in [0.2, 0.25) is 5.52 Å². The number of fused-ring (bicyclic) bond motifs is 1. The third-order valence-electron chi connectivity index (χ3n) is 3.84. The van der Waals surface area contributed by atoms with E-state index in [1.165, 1.54) is 42.3 Å². The SMILES string of the molecule is CCC[n+]1c(CCCC(C)(C)C)ccc2ccccc21. The topological polar surface area (TPSA) is 3.88 Å². The van der Waals surface area contributed by atoms with Crippen molar-refractivity contribution in [3.63, 3.8) is 0 Å². The minimum Gasteiger partial charge on any atom is -0.196 e. The van der Waals surface area contributed by atoms with Gasteiger partial charge in [0.05, 0.1) is 0 Å². The van der Waals surface area contributed by atoms with Crippen LogP contribution in [0.4, 0.5) is 0 Å². The second kappa shape index (κ2) is 6.39. The molecule has 0 bridgehead atoms. The molecule has 0 N–H and O–H groups in total. The molecule has 1 heterocycles. The molecule has 0 radical (unpaired) electrons. The van der Waals surface area contributed by atoms with Crippen LogP contribution >= 0.6 is 0 Å².